The third kappa shape index (κ3) is 2.98. The molecule has 10 heteroatoms. The highest BCUT2D eigenvalue weighted by atomic mass is 28.2. The van der Waals surface area contributed by atoms with Crippen molar-refractivity contribution in [1.29, 1.82) is 0 Å². The van der Waals surface area contributed by atoms with E-state index in [2.05, 4.69) is 0 Å². The first-order valence-corrected chi connectivity index (χ1v) is 13.4. The summed E-state index contributed by atoms with van der Waals surface area (Å²) in [5.74, 6) is -1.90. The zero-order chi connectivity index (χ0) is 24.7. The van der Waals surface area contributed by atoms with E-state index in [1.54, 1.807) is 0 Å². The predicted molar refractivity (Wildman–Crippen MR) is 126 cm³/mol. The molecule has 33 heavy (non-hydrogen) atoms. The van der Waals surface area contributed by atoms with Gasteiger partial charge in [-0.2, -0.15) is 0 Å². The molecule has 186 valence electrons. The van der Waals surface area contributed by atoms with E-state index < -0.39 is 58.1 Å². The van der Waals surface area contributed by atoms with Gasteiger partial charge >= 0.3 is 5.97 Å². The van der Waals surface area contributed by atoms with Crippen molar-refractivity contribution in [2.24, 2.45) is 22.7 Å². The van der Waals surface area contributed by atoms with Crippen molar-refractivity contribution in [1.82, 2.24) is 0 Å². The second-order valence-corrected chi connectivity index (χ2v) is 12.1. The van der Waals surface area contributed by atoms with Crippen molar-refractivity contribution in [3.8, 4) is 0 Å². The highest BCUT2D eigenvalue weighted by Gasteiger charge is 2.75. The van der Waals surface area contributed by atoms with Gasteiger partial charge in [-0.05, 0) is 30.9 Å². The summed E-state index contributed by atoms with van der Waals surface area (Å²) in [6.07, 6.45) is -2.01. The Morgan fingerprint density at radius 1 is 1.21 bits per heavy atom. The van der Waals surface area contributed by atoms with Crippen LogP contribution in [0.4, 0.5) is 0 Å². The molecule has 1 heterocycles. The summed E-state index contributed by atoms with van der Waals surface area (Å²) in [5.41, 5.74) is -3.13. The van der Waals surface area contributed by atoms with Crippen molar-refractivity contribution in [2.75, 3.05) is 6.61 Å². The lowest BCUT2D eigenvalue weighted by atomic mass is 9.42. The zero-order valence-electron chi connectivity index (χ0n) is 20.9. The minimum Gasteiger partial charge on any atom is -0.454 e. The summed E-state index contributed by atoms with van der Waals surface area (Å²) >= 11 is 0. The molecule has 3 aliphatic carbocycles. The summed E-state index contributed by atoms with van der Waals surface area (Å²) < 4.78 is 23.7. The molecule has 3 fully saturated rings. The molecular formula is C23H38O8Si2. The summed E-state index contributed by atoms with van der Waals surface area (Å²) in [4.78, 5) is 26.5. The predicted octanol–water partition coefficient (Wildman–Crippen LogP) is -0.898. The van der Waals surface area contributed by atoms with Gasteiger partial charge in [-0.25, -0.2) is 0 Å². The number of Topliss-reactive ketones (excluding diaryl/α,β-unsaturated/α-hetero) is 1. The maximum atomic E-state index is 14.3. The highest BCUT2D eigenvalue weighted by molar-refractivity contribution is 5.99. The topological polar surface area (TPSA) is 112 Å². The first-order valence-electron chi connectivity index (χ1n) is 11.8. The number of carbonyl (C=O) groups is 2. The van der Waals surface area contributed by atoms with Gasteiger partial charge in [-0.3, -0.25) is 9.59 Å². The molecule has 0 aromatic heterocycles. The van der Waals surface area contributed by atoms with Crippen LogP contribution in [0.3, 0.4) is 0 Å². The summed E-state index contributed by atoms with van der Waals surface area (Å²) in [5, 5.41) is 24.1. The van der Waals surface area contributed by atoms with E-state index in [0.29, 0.717) is 39.4 Å². The number of hydrogen-bond acceptors (Lipinski definition) is 8. The van der Waals surface area contributed by atoms with E-state index in [1.807, 2.05) is 34.6 Å². The SMILES string of the molecule is CC(=O)OC12COC1CC(O[SiH3])[C@@]1(C)C(=O)C(O)C3=C(C)C(O[SiH3])CC(O)([C@@H](C)C21)C3(C)C. The Kier molecular flexibility index (Phi) is 5.97. The molecule has 7 unspecified atom stereocenters. The van der Waals surface area contributed by atoms with E-state index in [0.717, 1.165) is 5.57 Å². The number of ketones is 1. The largest absolute Gasteiger partial charge is 0.454 e. The van der Waals surface area contributed by atoms with Crippen LogP contribution in [0.25, 0.3) is 0 Å². The standard InChI is InChI=1S/C23H38O8Si2/c1-10-13(30-32)8-23(27)11(2)18-21(6,19(26)17(25)16(10)20(23,4)5)14(31-33)7-15-22(18,9-28-15)29-12(3)24/h11,13-15,17-18,25,27H,7-9H2,1-6,32-33H3/t11-,13?,14?,15?,17?,18?,21+,22?,23?/m0/s1. The Morgan fingerprint density at radius 2 is 1.85 bits per heavy atom. The van der Waals surface area contributed by atoms with Crippen molar-refractivity contribution in [3.63, 3.8) is 0 Å². The average molecular weight is 499 g/mol. The molecule has 0 spiro atoms. The van der Waals surface area contributed by atoms with Gasteiger partial charge in [0.2, 0.25) is 0 Å². The quantitative estimate of drug-likeness (QED) is 0.293. The number of aliphatic hydroxyl groups excluding tert-OH is 1. The molecule has 0 aromatic rings. The van der Waals surface area contributed by atoms with Gasteiger partial charge in [-0.15, -0.1) is 0 Å². The second kappa shape index (κ2) is 7.81. The van der Waals surface area contributed by atoms with Crippen LogP contribution in [-0.4, -0.2) is 85.2 Å². The van der Waals surface area contributed by atoms with E-state index in [9.17, 15) is 19.8 Å². The normalized spacial score (nSPS) is 48.9. The van der Waals surface area contributed by atoms with Crippen LogP contribution in [0.1, 0.15) is 54.4 Å². The van der Waals surface area contributed by atoms with Crippen molar-refractivity contribution in [3.05, 3.63) is 11.1 Å². The van der Waals surface area contributed by atoms with Crippen LogP contribution in [0.15, 0.2) is 11.1 Å². The van der Waals surface area contributed by atoms with Gasteiger partial charge in [0.15, 0.2) is 11.4 Å². The van der Waals surface area contributed by atoms with E-state index in [4.69, 9.17) is 18.3 Å². The molecule has 9 atom stereocenters. The number of esters is 1. The molecule has 0 amide bonds. The zero-order valence-corrected chi connectivity index (χ0v) is 24.9. The van der Waals surface area contributed by atoms with Gasteiger partial charge in [-0.1, -0.05) is 20.8 Å². The van der Waals surface area contributed by atoms with Gasteiger partial charge in [0.05, 0.1) is 29.8 Å². The van der Waals surface area contributed by atoms with Crippen LogP contribution >= 0.6 is 0 Å². The Morgan fingerprint density at radius 3 is 2.33 bits per heavy atom. The fourth-order valence-electron chi connectivity index (χ4n) is 7.96. The number of ether oxygens (including phenoxy) is 2. The average Bonchev–Trinajstić information content (AvgIpc) is 2.72. The van der Waals surface area contributed by atoms with Crippen molar-refractivity contribution < 1.29 is 38.1 Å². The summed E-state index contributed by atoms with van der Waals surface area (Å²) in [6.45, 7) is 10.9. The monoisotopic (exact) mass is 498 g/mol. The second-order valence-electron chi connectivity index (χ2n) is 11.2. The number of carbonyl (C=O) groups excluding carboxylic acids is 2. The smallest absolute Gasteiger partial charge is 0.303 e. The Bertz CT molecular complexity index is 905. The van der Waals surface area contributed by atoms with Gasteiger partial charge in [0.25, 0.3) is 0 Å². The summed E-state index contributed by atoms with van der Waals surface area (Å²) in [6, 6.07) is 0. The highest BCUT2D eigenvalue weighted by Crippen LogP contribution is 2.65. The number of aliphatic hydroxyl groups is 2. The Hall–Kier alpha value is -0.886. The molecule has 4 rings (SSSR count). The molecule has 2 N–H and O–H groups in total. The van der Waals surface area contributed by atoms with E-state index >= 15 is 0 Å². The maximum Gasteiger partial charge on any atom is 0.303 e. The number of rotatable bonds is 3. The molecule has 8 nitrogen and oxygen atoms in total. The third-order valence-electron chi connectivity index (χ3n) is 9.69. The fraction of sp³-hybridized carbons (Fsp3) is 0.826. The van der Waals surface area contributed by atoms with E-state index in [-0.39, 0.29) is 18.5 Å². The first kappa shape index (κ1) is 25.2. The number of hydrogen-bond donors (Lipinski definition) is 2. The number of fused-ring (bicyclic) bond motifs is 5. The first-order chi connectivity index (χ1) is 15.2. The molecule has 1 saturated heterocycles. The van der Waals surface area contributed by atoms with Crippen LogP contribution < -0.4 is 0 Å². The van der Waals surface area contributed by atoms with Crippen LogP contribution in [-0.2, 0) is 27.9 Å². The van der Waals surface area contributed by atoms with E-state index in [1.165, 1.54) is 6.92 Å². The molecule has 2 bridgehead atoms. The van der Waals surface area contributed by atoms with Crippen LogP contribution in [0.5, 0.6) is 0 Å². The maximum absolute atomic E-state index is 14.3. The minimum absolute atomic E-state index is 0.151. The molecular weight excluding hydrogens is 460 g/mol. The Labute approximate surface area is 201 Å². The van der Waals surface area contributed by atoms with Crippen LogP contribution in [0, 0.1) is 22.7 Å². The van der Waals surface area contributed by atoms with Crippen LogP contribution in [0.2, 0.25) is 0 Å². The van der Waals surface area contributed by atoms with Crippen molar-refractivity contribution >= 4 is 32.7 Å². The lowest BCUT2D eigenvalue weighted by molar-refractivity contribution is -0.336. The molecule has 4 aliphatic rings. The lowest BCUT2D eigenvalue weighted by Crippen LogP contribution is -2.79. The third-order valence-corrected chi connectivity index (χ3v) is 10.8. The fourth-order valence-corrected chi connectivity index (χ4v) is 9.16. The van der Waals surface area contributed by atoms with Gasteiger partial charge in [0.1, 0.15) is 33.2 Å². The van der Waals surface area contributed by atoms with Crippen molar-refractivity contribution in [2.45, 2.75) is 90.0 Å². The lowest BCUT2D eigenvalue weighted by Gasteiger charge is -2.68. The molecule has 0 aromatic carbocycles. The Balaban J connectivity index is 2.03. The van der Waals surface area contributed by atoms with Gasteiger partial charge < -0.3 is 28.5 Å². The minimum atomic E-state index is -1.42. The molecule has 2 saturated carbocycles. The van der Waals surface area contributed by atoms with Gasteiger partial charge in [0, 0.05) is 31.1 Å². The summed E-state index contributed by atoms with van der Waals surface area (Å²) in [7, 11) is 0.843. The molecule has 1 aliphatic heterocycles. The molecule has 0 radical (unpaired) electrons.